The Morgan fingerprint density at radius 1 is 1.24 bits per heavy atom. The molecular weight excluding hydrogens is 326 g/mol. The van der Waals surface area contributed by atoms with Gasteiger partial charge in [0.25, 0.3) is 0 Å². The lowest BCUT2D eigenvalue weighted by Crippen LogP contribution is -2.46. The van der Waals surface area contributed by atoms with Crippen molar-refractivity contribution in [2.75, 3.05) is 6.61 Å². The van der Waals surface area contributed by atoms with Crippen LogP contribution >= 0.6 is 0 Å². The van der Waals surface area contributed by atoms with Crippen LogP contribution < -0.4 is 0 Å². The fourth-order valence-corrected chi connectivity index (χ4v) is 4.98. The summed E-state index contributed by atoms with van der Waals surface area (Å²) in [5, 5.41) is 0.268. The summed E-state index contributed by atoms with van der Waals surface area (Å²) in [4.78, 5) is 14.4. The molecule has 1 saturated carbocycles. The molecule has 1 aliphatic heterocycles. The third-order valence-electron chi connectivity index (χ3n) is 7.35. The predicted octanol–water partition coefficient (Wildman–Crippen LogP) is 5.18. The molecule has 1 amide bonds. The van der Waals surface area contributed by atoms with E-state index in [0.717, 1.165) is 38.7 Å². The fraction of sp³-hybridized carbons (Fsp3) is 0.857. The van der Waals surface area contributed by atoms with Crippen LogP contribution in [0.2, 0.25) is 18.1 Å². The van der Waals surface area contributed by atoms with Crippen molar-refractivity contribution in [2.24, 2.45) is 11.3 Å². The molecule has 0 N–H and O–H groups in total. The fourth-order valence-electron chi connectivity index (χ4n) is 3.89. The van der Waals surface area contributed by atoms with E-state index >= 15 is 0 Å². The van der Waals surface area contributed by atoms with Gasteiger partial charge in [0.05, 0.1) is 5.54 Å². The molecule has 0 aromatic rings. The van der Waals surface area contributed by atoms with Gasteiger partial charge in [-0.15, -0.1) is 0 Å². The maximum absolute atomic E-state index is 12.6. The van der Waals surface area contributed by atoms with Crippen molar-refractivity contribution < 1.29 is 9.22 Å². The lowest BCUT2D eigenvalue weighted by molar-refractivity contribution is -0.132. The molecule has 0 aromatic heterocycles. The molecule has 4 heteroatoms. The van der Waals surface area contributed by atoms with Crippen LogP contribution in [0.4, 0.5) is 0 Å². The van der Waals surface area contributed by atoms with Gasteiger partial charge >= 0.3 is 0 Å². The van der Waals surface area contributed by atoms with Gasteiger partial charge in [0.15, 0.2) is 8.32 Å². The lowest BCUT2D eigenvalue weighted by Gasteiger charge is -2.37. The van der Waals surface area contributed by atoms with Crippen molar-refractivity contribution in [3.63, 3.8) is 0 Å². The molecule has 0 spiro atoms. The second kappa shape index (κ2) is 6.74. The van der Waals surface area contributed by atoms with Gasteiger partial charge in [0, 0.05) is 30.4 Å². The summed E-state index contributed by atoms with van der Waals surface area (Å²) < 4.78 is 6.20. The largest absolute Gasteiger partial charge is 0.417 e. The topological polar surface area (TPSA) is 29.5 Å². The molecule has 1 saturated heterocycles. The Labute approximate surface area is 156 Å². The lowest BCUT2D eigenvalue weighted by atomic mass is 9.75. The second-order valence-electron chi connectivity index (χ2n) is 10.1. The average molecular weight is 364 g/mol. The molecular formula is C21H37NO2Si. The van der Waals surface area contributed by atoms with Crippen LogP contribution in [0.3, 0.4) is 0 Å². The third kappa shape index (κ3) is 3.55. The smallest absolute Gasteiger partial charge is 0.238 e. The van der Waals surface area contributed by atoms with Crippen LogP contribution in [0, 0.1) is 23.3 Å². The minimum absolute atomic E-state index is 0.0375. The standard InChI is InChI=1S/C21H37NO2Si/c1-19(2,3)25(7,8)24-16-12-10-9-11-15-22-18(23)17-13-14-21(22,6)20(17,4)5/h17H,9-10,12-14,16H2,1-8H3/t17-,21-/m1/s1. The number of carbonyl (C=O) groups excluding carboxylic acids is 1. The van der Waals surface area contributed by atoms with E-state index in [2.05, 4.69) is 66.6 Å². The van der Waals surface area contributed by atoms with Gasteiger partial charge in [0.1, 0.15) is 0 Å². The Morgan fingerprint density at radius 2 is 1.88 bits per heavy atom. The van der Waals surface area contributed by atoms with Gasteiger partial charge in [-0.05, 0) is 50.7 Å². The first kappa shape index (κ1) is 20.5. The zero-order valence-corrected chi connectivity index (χ0v) is 18.6. The highest BCUT2D eigenvalue weighted by Crippen LogP contribution is 2.59. The van der Waals surface area contributed by atoms with Gasteiger partial charge in [0.2, 0.25) is 5.91 Å². The van der Waals surface area contributed by atoms with Crippen molar-refractivity contribution in [1.29, 1.82) is 0 Å². The molecule has 2 bridgehead atoms. The van der Waals surface area contributed by atoms with Gasteiger partial charge in [-0.25, -0.2) is 0 Å². The minimum Gasteiger partial charge on any atom is -0.417 e. The van der Waals surface area contributed by atoms with E-state index in [1.807, 2.05) is 4.90 Å². The quantitative estimate of drug-likeness (QED) is 0.383. The molecule has 1 heterocycles. The van der Waals surface area contributed by atoms with E-state index < -0.39 is 8.32 Å². The van der Waals surface area contributed by atoms with E-state index in [9.17, 15) is 4.79 Å². The van der Waals surface area contributed by atoms with Crippen LogP contribution in [0.5, 0.6) is 0 Å². The van der Waals surface area contributed by atoms with Crippen LogP contribution in [0.25, 0.3) is 0 Å². The number of fused-ring (bicyclic) bond motifs is 2. The van der Waals surface area contributed by atoms with Crippen molar-refractivity contribution in [2.45, 2.75) is 97.3 Å². The second-order valence-corrected chi connectivity index (χ2v) is 14.9. The maximum atomic E-state index is 12.6. The van der Waals surface area contributed by atoms with E-state index in [0.29, 0.717) is 0 Å². The molecule has 142 valence electrons. The maximum Gasteiger partial charge on any atom is 0.238 e. The number of nitrogens with zero attached hydrogens (tertiary/aromatic N) is 1. The Morgan fingerprint density at radius 3 is 2.40 bits per heavy atom. The highest BCUT2D eigenvalue weighted by atomic mass is 28.4. The minimum atomic E-state index is -1.63. The molecule has 0 aromatic carbocycles. The molecule has 2 atom stereocenters. The Balaban J connectivity index is 1.78. The number of carbonyl (C=O) groups is 1. The third-order valence-corrected chi connectivity index (χ3v) is 11.9. The number of likely N-dealkylation sites (tertiary alicyclic amines) is 1. The number of rotatable bonds is 5. The molecule has 0 unspecified atom stereocenters. The first-order chi connectivity index (χ1) is 11.3. The van der Waals surface area contributed by atoms with E-state index in [4.69, 9.17) is 4.43 Å². The predicted molar refractivity (Wildman–Crippen MR) is 107 cm³/mol. The van der Waals surface area contributed by atoms with Crippen LogP contribution in [0.15, 0.2) is 0 Å². The molecule has 2 rings (SSSR count). The summed E-state index contributed by atoms with van der Waals surface area (Å²) in [6.07, 6.45) is 5.01. The highest BCUT2D eigenvalue weighted by Gasteiger charge is 2.65. The van der Waals surface area contributed by atoms with E-state index in [1.165, 1.54) is 0 Å². The summed E-state index contributed by atoms with van der Waals surface area (Å²) >= 11 is 0. The SMILES string of the molecule is CC1(C)[C@@H]2CC[C@@]1(C)N(C#CCCCCO[Si](C)(C)C(C)(C)C)C2=O. The van der Waals surface area contributed by atoms with Gasteiger partial charge in [-0.2, -0.15) is 0 Å². The van der Waals surface area contributed by atoms with E-state index in [1.54, 1.807) is 0 Å². The Bertz CT molecular complexity index is 579. The number of amides is 1. The van der Waals surface area contributed by atoms with Crippen molar-refractivity contribution in [3.05, 3.63) is 0 Å². The van der Waals surface area contributed by atoms with Crippen molar-refractivity contribution in [1.82, 2.24) is 4.90 Å². The summed E-state index contributed by atoms with van der Waals surface area (Å²) in [6.45, 7) is 18.9. The number of piperidine rings is 1. The molecule has 25 heavy (non-hydrogen) atoms. The molecule has 3 nitrogen and oxygen atoms in total. The van der Waals surface area contributed by atoms with Crippen LogP contribution in [-0.2, 0) is 9.22 Å². The zero-order valence-electron chi connectivity index (χ0n) is 17.6. The summed E-state index contributed by atoms with van der Waals surface area (Å²) in [7, 11) is -1.63. The summed E-state index contributed by atoms with van der Waals surface area (Å²) in [5.74, 6) is 3.64. The summed E-state index contributed by atoms with van der Waals surface area (Å²) in [5.41, 5.74) is -0.0526. The van der Waals surface area contributed by atoms with Crippen molar-refractivity contribution in [3.8, 4) is 12.0 Å². The van der Waals surface area contributed by atoms with E-state index in [-0.39, 0.29) is 27.8 Å². The normalized spacial score (nSPS) is 28.2. The van der Waals surface area contributed by atoms with Crippen LogP contribution in [0.1, 0.15) is 73.6 Å². The van der Waals surface area contributed by atoms with Gasteiger partial charge in [-0.1, -0.05) is 40.5 Å². The van der Waals surface area contributed by atoms with Gasteiger partial charge in [-0.3, -0.25) is 9.69 Å². The number of unbranched alkanes of at least 4 members (excludes halogenated alkanes) is 2. The van der Waals surface area contributed by atoms with Crippen molar-refractivity contribution >= 4 is 14.2 Å². The highest BCUT2D eigenvalue weighted by molar-refractivity contribution is 6.74. The zero-order chi connectivity index (χ0) is 19.1. The average Bonchev–Trinajstić information content (AvgIpc) is 2.77. The van der Waals surface area contributed by atoms with Gasteiger partial charge < -0.3 is 4.43 Å². The monoisotopic (exact) mass is 363 g/mol. The Hall–Kier alpha value is -0.793. The molecule has 2 aliphatic rings. The number of hydrogen-bond donors (Lipinski definition) is 0. The molecule has 1 aliphatic carbocycles. The number of hydrogen-bond acceptors (Lipinski definition) is 2. The summed E-state index contributed by atoms with van der Waals surface area (Å²) in [6, 6.07) is 3.19. The first-order valence-corrected chi connectivity index (χ1v) is 12.7. The molecule has 0 radical (unpaired) electrons. The Kier molecular flexibility index (Phi) is 5.53. The first-order valence-electron chi connectivity index (χ1n) is 9.81. The molecule has 2 fully saturated rings. The van der Waals surface area contributed by atoms with Crippen LogP contribution in [-0.4, -0.2) is 31.3 Å².